The minimum absolute atomic E-state index is 0.0956. The van der Waals surface area contributed by atoms with E-state index in [0.29, 0.717) is 19.1 Å². The molecule has 2 heterocycles. The van der Waals surface area contributed by atoms with Crippen LogP contribution in [-0.4, -0.2) is 68.3 Å². The molecule has 25 heavy (non-hydrogen) atoms. The van der Waals surface area contributed by atoms with Crippen LogP contribution in [0.2, 0.25) is 0 Å². The molecule has 0 spiro atoms. The lowest BCUT2D eigenvalue weighted by Crippen LogP contribution is -2.49. The molecule has 2 unspecified atom stereocenters. The fourth-order valence-electron chi connectivity index (χ4n) is 3.74. The highest BCUT2D eigenvalue weighted by molar-refractivity contribution is 5.94. The van der Waals surface area contributed by atoms with Crippen LogP contribution >= 0.6 is 0 Å². The van der Waals surface area contributed by atoms with E-state index >= 15 is 0 Å². The summed E-state index contributed by atoms with van der Waals surface area (Å²) < 4.78 is 11.2. The second-order valence-corrected chi connectivity index (χ2v) is 6.89. The van der Waals surface area contributed by atoms with Crippen molar-refractivity contribution in [2.75, 3.05) is 46.4 Å². The minimum Gasteiger partial charge on any atom is -0.380 e. The summed E-state index contributed by atoms with van der Waals surface area (Å²) >= 11 is 0. The van der Waals surface area contributed by atoms with E-state index in [-0.39, 0.29) is 12.0 Å². The Morgan fingerprint density at radius 2 is 2.12 bits per heavy atom. The van der Waals surface area contributed by atoms with Crippen LogP contribution < -0.4 is 0 Å². The average molecular weight is 344 g/mol. The number of rotatable bonds is 5. The zero-order valence-electron chi connectivity index (χ0n) is 15.0. The molecule has 0 N–H and O–H groups in total. The highest BCUT2D eigenvalue weighted by Crippen LogP contribution is 2.25. The Hall–Kier alpha value is -1.69. The first-order valence-corrected chi connectivity index (χ1v) is 9.03. The Morgan fingerprint density at radius 1 is 1.32 bits per heavy atom. The van der Waals surface area contributed by atoms with Gasteiger partial charge in [-0.25, -0.2) is 0 Å². The lowest BCUT2D eigenvalue weighted by atomic mass is 9.92. The molecule has 1 amide bonds. The molecule has 3 rings (SSSR count). The van der Waals surface area contributed by atoms with E-state index in [1.807, 2.05) is 35.2 Å². The van der Waals surface area contributed by atoms with Crippen molar-refractivity contribution in [3.63, 3.8) is 0 Å². The summed E-state index contributed by atoms with van der Waals surface area (Å²) in [7, 11) is 1.67. The van der Waals surface area contributed by atoms with E-state index in [9.17, 15) is 4.79 Å². The van der Waals surface area contributed by atoms with Gasteiger partial charge in [0.25, 0.3) is 5.91 Å². The van der Waals surface area contributed by atoms with Crippen molar-refractivity contribution in [3.05, 3.63) is 48.0 Å². The molecule has 0 aliphatic carbocycles. The van der Waals surface area contributed by atoms with Crippen LogP contribution in [0.4, 0.5) is 0 Å². The fourth-order valence-corrected chi connectivity index (χ4v) is 3.74. The topological polar surface area (TPSA) is 42.0 Å². The first kappa shape index (κ1) is 18.1. The molecule has 0 saturated carbocycles. The zero-order valence-corrected chi connectivity index (χ0v) is 15.0. The third kappa shape index (κ3) is 4.48. The maximum Gasteiger partial charge on any atom is 0.253 e. The number of nitrogens with zero attached hydrogens (tertiary/aromatic N) is 2. The summed E-state index contributed by atoms with van der Waals surface area (Å²) in [5.41, 5.74) is 1.81. The predicted molar refractivity (Wildman–Crippen MR) is 97.5 cm³/mol. The number of carbonyl (C=O) groups excluding carboxylic acids is 1. The second-order valence-electron chi connectivity index (χ2n) is 6.89. The van der Waals surface area contributed by atoms with Crippen LogP contribution in [0.15, 0.2) is 36.9 Å². The van der Waals surface area contributed by atoms with E-state index in [4.69, 9.17) is 9.47 Å². The van der Waals surface area contributed by atoms with E-state index in [2.05, 4.69) is 11.5 Å². The Morgan fingerprint density at radius 3 is 2.84 bits per heavy atom. The standard InChI is InChI=1S/C20H28N2O3/c1-3-9-21-11-12-25-19-14-22(10-8-18(19)13-21)20(23)17-6-4-16(5-7-17)15-24-2/h3-7,18-19H,1,8-15H2,2H3. The maximum atomic E-state index is 12.8. The van der Waals surface area contributed by atoms with E-state index in [1.165, 1.54) is 0 Å². The minimum atomic E-state index is 0.0956. The van der Waals surface area contributed by atoms with Crippen molar-refractivity contribution >= 4 is 5.91 Å². The molecule has 1 aromatic rings. The van der Waals surface area contributed by atoms with Gasteiger partial charge in [0.2, 0.25) is 0 Å². The van der Waals surface area contributed by atoms with Crippen LogP contribution in [-0.2, 0) is 16.1 Å². The van der Waals surface area contributed by atoms with Crippen molar-refractivity contribution < 1.29 is 14.3 Å². The van der Waals surface area contributed by atoms with Gasteiger partial charge in [-0.05, 0) is 24.1 Å². The van der Waals surface area contributed by atoms with Gasteiger partial charge in [0, 0.05) is 51.3 Å². The molecule has 0 aromatic heterocycles. The molecule has 2 atom stereocenters. The third-order valence-corrected chi connectivity index (χ3v) is 5.11. The van der Waals surface area contributed by atoms with Crippen LogP contribution in [0.5, 0.6) is 0 Å². The van der Waals surface area contributed by atoms with Gasteiger partial charge in [-0.15, -0.1) is 6.58 Å². The number of fused-ring (bicyclic) bond motifs is 1. The smallest absolute Gasteiger partial charge is 0.253 e. The molecule has 1 aromatic carbocycles. The third-order valence-electron chi connectivity index (χ3n) is 5.11. The number of benzene rings is 1. The summed E-state index contributed by atoms with van der Waals surface area (Å²) in [6, 6.07) is 7.70. The Kier molecular flexibility index (Phi) is 6.24. The van der Waals surface area contributed by atoms with Crippen LogP contribution in [0, 0.1) is 5.92 Å². The van der Waals surface area contributed by atoms with Crippen molar-refractivity contribution in [1.29, 1.82) is 0 Å². The van der Waals surface area contributed by atoms with E-state index in [1.54, 1.807) is 7.11 Å². The lowest BCUT2D eigenvalue weighted by Gasteiger charge is -2.38. The summed E-state index contributed by atoms with van der Waals surface area (Å²) in [5.74, 6) is 0.591. The first-order valence-electron chi connectivity index (χ1n) is 9.03. The fraction of sp³-hybridized carbons (Fsp3) is 0.550. The first-order chi connectivity index (χ1) is 12.2. The summed E-state index contributed by atoms with van der Waals surface area (Å²) in [6.45, 7) is 9.48. The van der Waals surface area contributed by atoms with Gasteiger partial charge in [-0.3, -0.25) is 9.69 Å². The Balaban J connectivity index is 1.61. The molecule has 2 aliphatic heterocycles. The maximum absolute atomic E-state index is 12.8. The van der Waals surface area contributed by atoms with Gasteiger partial charge in [0.15, 0.2) is 0 Å². The van der Waals surface area contributed by atoms with Gasteiger partial charge >= 0.3 is 0 Å². The zero-order chi connectivity index (χ0) is 17.6. The van der Waals surface area contributed by atoms with E-state index < -0.39 is 0 Å². The largest absolute Gasteiger partial charge is 0.380 e. The summed E-state index contributed by atoms with van der Waals surface area (Å²) in [6.07, 6.45) is 3.08. The van der Waals surface area contributed by atoms with Crippen molar-refractivity contribution in [3.8, 4) is 0 Å². The van der Waals surface area contributed by atoms with Gasteiger partial charge in [0.1, 0.15) is 0 Å². The molecule has 2 saturated heterocycles. The average Bonchev–Trinajstić information content (AvgIpc) is 2.83. The number of hydrogen-bond donors (Lipinski definition) is 0. The Labute approximate surface area is 150 Å². The van der Waals surface area contributed by atoms with Gasteiger partial charge in [-0.1, -0.05) is 18.2 Å². The molecule has 2 aliphatic rings. The quantitative estimate of drug-likeness (QED) is 0.768. The lowest BCUT2D eigenvalue weighted by molar-refractivity contribution is -0.0170. The Bertz CT molecular complexity index is 587. The van der Waals surface area contributed by atoms with Crippen LogP contribution in [0.25, 0.3) is 0 Å². The molecule has 2 fully saturated rings. The molecule has 5 heteroatoms. The second kappa shape index (κ2) is 8.61. The highest BCUT2D eigenvalue weighted by atomic mass is 16.5. The molecule has 136 valence electrons. The van der Waals surface area contributed by atoms with Gasteiger partial charge in [0.05, 0.1) is 19.3 Å². The van der Waals surface area contributed by atoms with Crippen LogP contribution in [0.1, 0.15) is 22.3 Å². The number of ether oxygens (including phenoxy) is 2. The van der Waals surface area contributed by atoms with Crippen LogP contribution in [0.3, 0.4) is 0 Å². The molecule has 0 bridgehead atoms. The van der Waals surface area contributed by atoms with Crippen molar-refractivity contribution in [2.45, 2.75) is 19.1 Å². The normalized spacial score (nSPS) is 24.4. The van der Waals surface area contributed by atoms with Gasteiger partial charge in [-0.2, -0.15) is 0 Å². The molecule has 0 radical (unpaired) electrons. The number of likely N-dealkylation sites (tertiary alicyclic amines) is 1. The van der Waals surface area contributed by atoms with E-state index in [0.717, 1.165) is 50.3 Å². The summed E-state index contributed by atoms with van der Waals surface area (Å²) in [4.78, 5) is 17.1. The molecular formula is C20H28N2O3. The number of methoxy groups -OCH3 is 1. The van der Waals surface area contributed by atoms with Crippen molar-refractivity contribution in [1.82, 2.24) is 9.80 Å². The number of hydrogen-bond acceptors (Lipinski definition) is 4. The number of amides is 1. The SMILES string of the molecule is C=CCN1CCOC2CN(C(=O)c3ccc(COC)cc3)CCC2C1. The number of piperidine rings is 1. The molecule has 5 nitrogen and oxygen atoms in total. The summed E-state index contributed by atoms with van der Waals surface area (Å²) in [5, 5.41) is 0. The monoisotopic (exact) mass is 344 g/mol. The number of carbonyl (C=O) groups is 1. The predicted octanol–water partition coefficient (Wildman–Crippen LogP) is 2.18. The highest BCUT2D eigenvalue weighted by Gasteiger charge is 2.35. The molecular weight excluding hydrogens is 316 g/mol. The van der Waals surface area contributed by atoms with Crippen molar-refractivity contribution in [2.24, 2.45) is 5.92 Å². The van der Waals surface area contributed by atoms with Gasteiger partial charge < -0.3 is 14.4 Å².